The zero-order valence-electron chi connectivity index (χ0n) is 15.4. The topological polar surface area (TPSA) is 0 Å². The van der Waals surface area contributed by atoms with E-state index in [-0.39, 0.29) is 5.83 Å². The number of rotatable bonds is 5. The molecule has 0 aromatic heterocycles. The lowest BCUT2D eigenvalue weighted by atomic mass is 9.77. The van der Waals surface area contributed by atoms with Crippen molar-refractivity contribution in [3.05, 3.63) is 71.2 Å². The molecule has 1 fully saturated rings. The molecule has 0 aromatic rings. The van der Waals surface area contributed by atoms with Gasteiger partial charge in [-0.1, -0.05) is 55.9 Å². The van der Waals surface area contributed by atoms with Crippen molar-refractivity contribution in [3.8, 4) is 0 Å². The fourth-order valence-corrected chi connectivity index (χ4v) is 3.59. The summed E-state index contributed by atoms with van der Waals surface area (Å²) >= 11 is 0. The Kier molecular flexibility index (Phi) is 7.02. The normalized spacial score (nSPS) is 25.8. The van der Waals surface area contributed by atoms with E-state index in [1.54, 1.807) is 13.0 Å². The third-order valence-electron chi connectivity index (χ3n) is 5.56. The van der Waals surface area contributed by atoms with E-state index in [1.165, 1.54) is 43.8 Å². The van der Waals surface area contributed by atoms with E-state index < -0.39 is 0 Å². The van der Waals surface area contributed by atoms with Crippen LogP contribution in [-0.2, 0) is 0 Å². The average molecular weight is 326 g/mol. The van der Waals surface area contributed by atoms with Crippen molar-refractivity contribution in [1.82, 2.24) is 0 Å². The minimum absolute atomic E-state index is 0.205. The Morgan fingerprint density at radius 3 is 2.58 bits per heavy atom. The summed E-state index contributed by atoms with van der Waals surface area (Å²) in [7, 11) is 0. The van der Waals surface area contributed by atoms with E-state index in [9.17, 15) is 4.39 Å². The third-order valence-corrected chi connectivity index (χ3v) is 5.56. The Morgan fingerprint density at radius 1 is 1.25 bits per heavy atom. The summed E-state index contributed by atoms with van der Waals surface area (Å²) in [6, 6.07) is 0. The van der Waals surface area contributed by atoms with Crippen LogP contribution in [0, 0.1) is 11.8 Å². The lowest BCUT2D eigenvalue weighted by Crippen LogP contribution is -2.15. The van der Waals surface area contributed by atoms with Crippen LogP contribution in [0.25, 0.3) is 0 Å². The zero-order chi connectivity index (χ0) is 17.5. The molecule has 0 aliphatic heterocycles. The van der Waals surface area contributed by atoms with Gasteiger partial charge in [0, 0.05) is 0 Å². The lowest BCUT2D eigenvalue weighted by Gasteiger charge is -2.29. The highest BCUT2D eigenvalue weighted by molar-refractivity contribution is 5.50. The highest BCUT2D eigenvalue weighted by Crippen LogP contribution is 2.36. The van der Waals surface area contributed by atoms with Gasteiger partial charge in [0.15, 0.2) is 0 Å². The van der Waals surface area contributed by atoms with Crippen LogP contribution < -0.4 is 0 Å². The van der Waals surface area contributed by atoms with Gasteiger partial charge in [-0.2, -0.15) is 0 Å². The molecule has 0 amide bonds. The fraction of sp³-hybridized carbons (Fsp3) is 0.478. The Morgan fingerprint density at radius 2 is 1.96 bits per heavy atom. The van der Waals surface area contributed by atoms with E-state index in [1.807, 2.05) is 6.92 Å². The third kappa shape index (κ3) is 4.93. The second kappa shape index (κ2) is 9.01. The quantitative estimate of drug-likeness (QED) is 0.462. The number of hydrogen-bond donors (Lipinski definition) is 0. The van der Waals surface area contributed by atoms with Crippen molar-refractivity contribution in [2.24, 2.45) is 11.8 Å². The van der Waals surface area contributed by atoms with Crippen molar-refractivity contribution in [1.29, 1.82) is 0 Å². The van der Waals surface area contributed by atoms with Gasteiger partial charge in [-0.15, -0.1) is 0 Å². The van der Waals surface area contributed by atoms with E-state index >= 15 is 0 Å². The van der Waals surface area contributed by atoms with Crippen LogP contribution >= 0.6 is 0 Å². The molecule has 24 heavy (non-hydrogen) atoms. The smallest absolute Gasteiger partial charge is 0.126 e. The maximum absolute atomic E-state index is 14.0. The van der Waals surface area contributed by atoms with Crippen LogP contribution in [0.15, 0.2) is 71.2 Å². The van der Waals surface area contributed by atoms with Gasteiger partial charge in [0.2, 0.25) is 0 Å². The van der Waals surface area contributed by atoms with Gasteiger partial charge in [-0.05, 0) is 80.6 Å². The minimum Gasteiger partial charge on any atom is -0.207 e. The van der Waals surface area contributed by atoms with Crippen LogP contribution in [0.5, 0.6) is 0 Å². The summed E-state index contributed by atoms with van der Waals surface area (Å²) in [5, 5.41) is 0. The predicted molar refractivity (Wildman–Crippen MR) is 103 cm³/mol. The first-order valence-corrected chi connectivity index (χ1v) is 9.32. The summed E-state index contributed by atoms with van der Waals surface area (Å²) in [6.45, 7) is 9.97. The second-order valence-corrected chi connectivity index (χ2v) is 7.09. The summed E-state index contributed by atoms with van der Waals surface area (Å²) < 4.78 is 14.0. The van der Waals surface area contributed by atoms with Gasteiger partial charge < -0.3 is 0 Å². The fourth-order valence-electron chi connectivity index (χ4n) is 3.59. The molecular formula is C23H31F. The van der Waals surface area contributed by atoms with Gasteiger partial charge in [-0.25, -0.2) is 4.39 Å². The van der Waals surface area contributed by atoms with Gasteiger partial charge in [0.1, 0.15) is 5.83 Å². The largest absolute Gasteiger partial charge is 0.207 e. The molecule has 0 saturated heterocycles. The summed E-state index contributed by atoms with van der Waals surface area (Å²) in [5.74, 6) is 1.44. The summed E-state index contributed by atoms with van der Waals surface area (Å²) in [4.78, 5) is 0. The van der Waals surface area contributed by atoms with E-state index in [2.05, 4.69) is 37.8 Å². The predicted octanol–water partition coefficient (Wildman–Crippen LogP) is 7.39. The molecule has 1 heteroatoms. The first-order valence-electron chi connectivity index (χ1n) is 9.32. The molecule has 0 spiro atoms. The van der Waals surface area contributed by atoms with Crippen LogP contribution in [0.2, 0.25) is 0 Å². The molecule has 2 aliphatic carbocycles. The monoisotopic (exact) mass is 326 g/mol. The lowest BCUT2D eigenvalue weighted by molar-refractivity contribution is 0.293. The number of allylic oxidation sites excluding steroid dienone is 11. The molecule has 130 valence electrons. The highest BCUT2D eigenvalue weighted by atomic mass is 19.1. The Labute approximate surface area is 147 Å². The zero-order valence-corrected chi connectivity index (χ0v) is 15.4. The summed E-state index contributed by atoms with van der Waals surface area (Å²) in [6.07, 6.45) is 19.7. The highest BCUT2D eigenvalue weighted by Gasteiger charge is 2.22. The standard InChI is InChI=1S/C23H31F/c1-5-17(3)23(24)16-18(4)20-8-7-9-21(15-14-20)22-12-10-19(6-2)11-13-22/h5,7-8,14-16,19,22H,4,6,9-13H2,1-3H3/b17-5-,23-16+. The molecule has 2 rings (SSSR count). The molecule has 0 atom stereocenters. The first-order chi connectivity index (χ1) is 11.5. The van der Waals surface area contributed by atoms with E-state index in [0.717, 1.165) is 29.4 Å². The maximum atomic E-state index is 14.0. The van der Waals surface area contributed by atoms with Gasteiger partial charge in [0.05, 0.1) is 0 Å². The van der Waals surface area contributed by atoms with Crippen molar-refractivity contribution in [2.75, 3.05) is 0 Å². The van der Waals surface area contributed by atoms with Crippen molar-refractivity contribution >= 4 is 0 Å². The number of hydrogen-bond acceptors (Lipinski definition) is 0. The van der Waals surface area contributed by atoms with Gasteiger partial charge in [0.25, 0.3) is 0 Å². The first kappa shape index (κ1) is 18.7. The Balaban J connectivity index is 2.08. The average Bonchev–Trinajstić information content (AvgIpc) is 2.87. The minimum atomic E-state index is -0.205. The molecular weight excluding hydrogens is 295 g/mol. The number of halogens is 1. The van der Waals surface area contributed by atoms with Gasteiger partial charge >= 0.3 is 0 Å². The molecule has 0 unspecified atom stereocenters. The van der Waals surface area contributed by atoms with Gasteiger partial charge in [-0.3, -0.25) is 0 Å². The Hall–Kier alpha value is -1.63. The SMILES string of the molecule is C=C(/C=C(F)\C(C)=C/C)C1=CC=C(C2CCC(CC)CC2)CC=C1. The molecule has 0 radical (unpaired) electrons. The maximum Gasteiger partial charge on any atom is 0.126 e. The van der Waals surface area contributed by atoms with Crippen molar-refractivity contribution in [2.45, 2.75) is 59.3 Å². The van der Waals surface area contributed by atoms with Crippen LogP contribution in [0.4, 0.5) is 4.39 Å². The molecule has 1 saturated carbocycles. The van der Waals surface area contributed by atoms with E-state index in [4.69, 9.17) is 0 Å². The molecule has 2 aliphatic rings. The molecule has 0 aromatic carbocycles. The molecule has 0 N–H and O–H groups in total. The second-order valence-electron chi connectivity index (χ2n) is 7.09. The van der Waals surface area contributed by atoms with Crippen LogP contribution in [-0.4, -0.2) is 0 Å². The summed E-state index contributed by atoms with van der Waals surface area (Å²) in [5.41, 5.74) is 3.92. The molecule has 0 heterocycles. The Bertz CT molecular complexity index is 602. The van der Waals surface area contributed by atoms with E-state index in [0.29, 0.717) is 5.57 Å². The van der Waals surface area contributed by atoms with Crippen LogP contribution in [0.3, 0.4) is 0 Å². The van der Waals surface area contributed by atoms with Crippen molar-refractivity contribution in [3.63, 3.8) is 0 Å². The molecule has 0 nitrogen and oxygen atoms in total. The molecule has 0 bridgehead atoms. The van der Waals surface area contributed by atoms with Crippen LogP contribution in [0.1, 0.15) is 59.3 Å². The van der Waals surface area contributed by atoms with Crippen molar-refractivity contribution < 1.29 is 4.39 Å².